The van der Waals surface area contributed by atoms with E-state index in [1.54, 1.807) is 10.9 Å². The fourth-order valence-corrected chi connectivity index (χ4v) is 1.86. The Balaban J connectivity index is 2.55. The number of aromatic amines is 1. The molecular weight excluding hydrogens is 176 g/mol. The largest absolute Gasteiger partial charge is 0.343 e. The molecule has 0 aromatic carbocycles. The molecule has 1 N–H and O–H groups in total. The van der Waals surface area contributed by atoms with Crippen molar-refractivity contribution in [3.8, 4) is 5.82 Å². The third kappa shape index (κ3) is 1.23. The maximum absolute atomic E-state index is 3.97. The second kappa shape index (κ2) is 3.29. The average molecular weight is 190 g/mol. The van der Waals surface area contributed by atoms with Gasteiger partial charge >= 0.3 is 0 Å². The number of rotatable bonds is 2. The van der Waals surface area contributed by atoms with E-state index in [1.807, 2.05) is 6.20 Å². The van der Waals surface area contributed by atoms with Crippen molar-refractivity contribution in [2.45, 2.75) is 27.2 Å². The predicted molar refractivity (Wildman–Crippen MR) is 54.6 cm³/mol. The van der Waals surface area contributed by atoms with Crippen LogP contribution < -0.4 is 0 Å². The average Bonchev–Trinajstić information content (AvgIpc) is 2.74. The molecule has 0 unspecified atom stereocenters. The van der Waals surface area contributed by atoms with Gasteiger partial charge in [0.25, 0.3) is 0 Å². The summed E-state index contributed by atoms with van der Waals surface area (Å²) in [5.74, 6) is 1.02. The summed E-state index contributed by atoms with van der Waals surface area (Å²) in [5, 5.41) is 7.77. The Kier molecular flexibility index (Phi) is 2.11. The van der Waals surface area contributed by atoms with Crippen molar-refractivity contribution in [2.24, 2.45) is 0 Å². The molecule has 0 amide bonds. The highest BCUT2D eigenvalue weighted by Crippen LogP contribution is 2.20. The van der Waals surface area contributed by atoms with Gasteiger partial charge in [0.05, 0.1) is 12.4 Å². The summed E-state index contributed by atoms with van der Waals surface area (Å²) in [5.41, 5.74) is 3.85. The minimum absolute atomic E-state index is 1.02. The van der Waals surface area contributed by atoms with Crippen LogP contribution in [0.1, 0.15) is 23.7 Å². The molecule has 2 aromatic heterocycles. The molecule has 14 heavy (non-hydrogen) atoms. The monoisotopic (exact) mass is 190 g/mol. The minimum atomic E-state index is 1.02. The Labute approximate surface area is 83.0 Å². The van der Waals surface area contributed by atoms with E-state index >= 15 is 0 Å². The van der Waals surface area contributed by atoms with Crippen molar-refractivity contribution < 1.29 is 0 Å². The van der Waals surface area contributed by atoms with Crippen LogP contribution in [-0.4, -0.2) is 20.0 Å². The van der Waals surface area contributed by atoms with E-state index in [-0.39, 0.29) is 0 Å². The number of hydrogen-bond donors (Lipinski definition) is 1. The Morgan fingerprint density at radius 1 is 1.43 bits per heavy atom. The summed E-state index contributed by atoms with van der Waals surface area (Å²) < 4.78 is 1.77. The van der Waals surface area contributed by atoms with Crippen LogP contribution in [0.15, 0.2) is 12.4 Å². The zero-order chi connectivity index (χ0) is 10.1. The zero-order valence-electron chi connectivity index (χ0n) is 8.70. The number of nitrogens with one attached hydrogen (secondary N) is 1. The van der Waals surface area contributed by atoms with Crippen molar-refractivity contribution >= 4 is 0 Å². The third-order valence-electron chi connectivity index (χ3n) is 2.57. The van der Waals surface area contributed by atoms with E-state index in [1.165, 1.54) is 16.8 Å². The standard InChI is InChI=1S/C10H14N4/c1-4-9-7(2)10(12-8(9)3)14-6-5-11-13-14/h5-6,12H,4H2,1-3H3. The van der Waals surface area contributed by atoms with E-state index in [0.29, 0.717) is 0 Å². The van der Waals surface area contributed by atoms with Gasteiger partial charge in [-0.1, -0.05) is 12.1 Å². The van der Waals surface area contributed by atoms with Crippen LogP contribution in [0.5, 0.6) is 0 Å². The van der Waals surface area contributed by atoms with Crippen LogP contribution in [0.3, 0.4) is 0 Å². The number of aryl methyl sites for hydroxylation is 1. The SMILES string of the molecule is CCc1c(C)[nH]c(-n2ccnn2)c1C. The van der Waals surface area contributed by atoms with Gasteiger partial charge in [0.2, 0.25) is 0 Å². The van der Waals surface area contributed by atoms with Gasteiger partial charge in [-0.3, -0.25) is 0 Å². The highest BCUT2D eigenvalue weighted by atomic mass is 15.4. The normalized spacial score (nSPS) is 10.8. The first kappa shape index (κ1) is 8.99. The van der Waals surface area contributed by atoms with E-state index in [4.69, 9.17) is 0 Å². The van der Waals surface area contributed by atoms with Crippen LogP contribution in [0.25, 0.3) is 5.82 Å². The number of nitrogens with zero attached hydrogens (tertiary/aromatic N) is 3. The minimum Gasteiger partial charge on any atom is -0.343 e. The van der Waals surface area contributed by atoms with Gasteiger partial charge in [-0.05, 0) is 31.4 Å². The van der Waals surface area contributed by atoms with Gasteiger partial charge < -0.3 is 4.98 Å². The van der Waals surface area contributed by atoms with E-state index in [9.17, 15) is 0 Å². The molecule has 2 heterocycles. The molecule has 2 rings (SSSR count). The molecule has 0 saturated heterocycles. The highest BCUT2D eigenvalue weighted by molar-refractivity contribution is 5.43. The first-order chi connectivity index (χ1) is 6.74. The summed E-state index contributed by atoms with van der Waals surface area (Å²) in [6.45, 7) is 6.36. The molecule has 0 bridgehead atoms. The molecule has 2 aromatic rings. The van der Waals surface area contributed by atoms with Gasteiger partial charge in [-0.25, -0.2) is 4.68 Å². The Bertz CT molecular complexity index is 425. The fraction of sp³-hybridized carbons (Fsp3) is 0.400. The Morgan fingerprint density at radius 2 is 2.21 bits per heavy atom. The van der Waals surface area contributed by atoms with Crippen LogP contribution in [-0.2, 0) is 6.42 Å². The summed E-state index contributed by atoms with van der Waals surface area (Å²) in [6, 6.07) is 0. The Hall–Kier alpha value is -1.58. The molecule has 0 saturated carbocycles. The van der Waals surface area contributed by atoms with E-state index < -0.39 is 0 Å². The molecule has 0 aliphatic rings. The lowest BCUT2D eigenvalue weighted by atomic mass is 10.1. The summed E-state index contributed by atoms with van der Waals surface area (Å²) >= 11 is 0. The number of H-pyrrole nitrogens is 1. The molecule has 74 valence electrons. The molecule has 0 atom stereocenters. The van der Waals surface area contributed by atoms with E-state index in [0.717, 1.165) is 12.2 Å². The Morgan fingerprint density at radius 3 is 2.71 bits per heavy atom. The molecular formula is C10H14N4. The molecule has 0 radical (unpaired) electrons. The molecule has 0 fully saturated rings. The first-order valence-electron chi connectivity index (χ1n) is 4.78. The van der Waals surface area contributed by atoms with Crippen molar-refractivity contribution in [3.05, 3.63) is 29.2 Å². The van der Waals surface area contributed by atoms with Gasteiger partial charge in [0.1, 0.15) is 5.82 Å². The van der Waals surface area contributed by atoms with Crippen molar-refractivity contribution in [2.75, 3.05) is 0 Å². The van der Waals surface area contributed by atoms with Gasteiger partial charge in [-0.2, -0.15) is 0 Å². The lowest BCUT2D eigenvalue weighted by Gasteiger charge is -1.98. The third-order valence-corrected chi connectivity index (χ3v) is 2.57. The first-order valence-corrected chi connectivity index (χ1v) is 4.78. The van der Waals surface area contributed by atoms with Crippen molar-refractivity contribution in [1.82, 2.24) is 20.0 Å². The summed E-state index contributed by atoms with van der Waals surface area (Å²) in [4.78, 5) is 3.33. The second-order valence-corrected chi connectivity index (χ2v) is 3.40. The molecule has 0 aliphatic carbocycles. The van der Waals surface area contributed by atoms with Crippen LogP contribution >= 0.6 is 0 Å². The lowest BCUT2D eigenvalue weighted by molar-refractivity contribution is 0.780. The van der Waals surface area contributed by atoms with E-state index in [2.05, 4.69) is 36.1 Å². The summed E-state index contributed by atoms with van der Waals surface area (Å²) in [6.07, 6.45) is 4.57. The van der Waals surface area contributed by atoms with Gasteiger partial charge in [-0.15, -0.1) is 5.10 Å². The quantitative estimate of drug-likeness (QED) is 0.784. The van der Waals surface area contributed by atoms with Gasteiger partial charge in [0, 0.05) is 5.69 Å². The van der Waals surface area contributed by atoms with Crippen LogP contribution in [0, 0.1) is 13.8 Å². The predicted octanol–water partition coefficient (Wildman–Crippen LogP) is 1.77. The molecule has 0 spiro atoms. The number of aromatic nitrogens is 4. The topological polar surface area (TPSA) is 46.5 Å². The molecule has 4 heteroatoms. The number of hydrogen-bond acceptors (Lipinski definition) is 2. The highest BCUT2D eigenvalue weighted by Gasteiger charge is 2.11. The maximum Gasteiger partial charge on any atom is 0.136 e. The van der Waals surface area contributed by atoms with Crippen LogP contribution in [0.4, 0.5) is 0 Å². The molecule has 0 aliphatic heterocycles. The van der Waals surface area contributed by atoms with Gasteiger partial charge in [0.15, 0.2) is 0 Å². The van der Waals surface area contributed by atoms with Crippen LogP contribution in [0.2, 0.25) is 0 Å². The second-order valence-electron chi connectivity index (χ2n) is 3.40. The molecule has 4 nitrogen and oxygen atoms in total. The van der Waals surface area contributed by atoms with Crippen molar-refractivity contribution in [1.29, 1.82) is 0 Å². The smallest absolute Gasteiger partial charge is 0.136 e. The van der Waals surface area contributed by atoms with Crippen molar-refractivity contribution in [3.63, 3.8) is 0 Å². The summed E-state index contributed by atoms with van der Waals surface area (Å²) in [7, 11) is 0. The zero-order valence-corrected chi connectivity index (χ0v) is 8.70. The fourth-order valence-electron chi connectivity index (χ4n) is 1.86. The maximum atomic E-state index is 3.97. The lowest BCUT2D eigenvalue weighted by Crippen LogP contribution is -1.97.